The molecule has 0 radical (unpaired) electrons. The summed E-state index contributed by atoms with van der Waals surface area (Å²) in [5.41, 5.74) is 0.152. The normalized spacial score (nSPS) is 12.8. The third-order valence-corrected chi connectivity index (χ3v) is 5.02. The van der Waals surface area contributed by atoms with Gasteiger partial charge in [-0.3, -0.25) is 14.9 Å². The molecule has 3 aromatic rings. The number of hydrogen-bond acceptors (Lipinski definition) is 7. The Morgan fingerprint density at radius 3 is 2.50 bits per heavy atom. The van der Waals surface area contributed by atoms with E-state index in [1.807, 2.05) is 0 Å². The summed E-state index contributed by atoms with van der Waals surface area (Å²) in [6, 6.07) is 11.8. The summed E-state index contributed by atoms with van der Waals surface area (Å²) >= 11 is 11.9. The van der Waals surface area contributed by atoms with Crippen LogP contribution in [0.4, 0.5) is 5.69 Å². The minimum atomic E-state index is -1.30. The predicted octanol–water partition coefficient (Wildman–Crippen LogP) is 3.90. The number of nitrogens with one attached hydrogen (secondary N) is 1. The molecule has 11 heteroatoms. The SMILES string of the molecule is O=C(NC(CO)C(O)c1ccc([N+](=O)[O-])cc1)c1ccc(COc2ccc(Cl)cc2Cl)o1. The van der Waals surface area contributed by atoms with Crippen LogP contribution < -0.4 is 10.1 Å². The van der Waals surface area contributed by atoms with Crippen LogP contribution in [-0.2, 0) is 6.61 Å². The van der Waals surface area contributed by atoms with Crippen molar-refractivity contribution < 1.29 is 29.1 Å². The summed E-state index contributed by atoms with van der Waals surface area (Å²) in [5.74, 6) is 0.0172. The molecule has 2 atom stereocenters. The highest BCUT2D eigenvalue weighted by atomic mass is 35.5. The van der Waals surface area contributed by atoms with Gasteiger partial charge in [-0.05, 0) is 48.0 Å². The van der Waals surface area contributed by atoms with Gasteiger partial charge in [-0.15, -0.1) is 0 Å². The molecule has 3 N–H and O–H groups in total. The lowest BCUT2D eigenvalue weighted by Crippen LogP contribution is -2.41. The molecule has 2 unspecified atom stereocenters. The molecular weight excluding hydrogens is 463 g/mol. The van der Waals surface area contributed by atoms with Gasteiger partial charge in [-0.25, -0.2) is 0 Å². The molecule has 1 aromatic heterocycles. The maximum Gasteiger partial charge on any atom is 0.287 e. The van der Waals surface area contributed by atoms with E-state index in [1.165, 1.54) is 36.4 Å². The molecule has 0 saturated carbocycles. The van der Waals surface area contributed by atoms with E-state index in [0.717, 1.165) is 0 Å². The molecule has 9 nitrogen and oxygen atoms in total. The van der Waals surface area contributed by atoms with Gasteiger partial charge in [0.2, 0.25) is 0 Å². The Morgan fingerprint density at radius 2 is 1.88 bits per heavy atom. The second-order valence-electron chi connectivity index (χ2n) is 6.69. The van der Waals surface area contributed by atoms with Crippen molar-refractivity contribution in [3.05, 3.63) is 91.8 Å². The summed E-state index contributed by atoms with van der Waals surface area (Å²) in [4.78, 5) is 22.7. The number of benzene rings is 2. The Labute approximate surface area is 192 Å². The molecule has 0 aliphatic rings. The average Bonchev–Trinajstić information content (AvgIpc) is 3.25. The van der Waals surface area contributed by atoms with Crippen LogP contribution in [0.25, 0.3) is 0 Å². The number of carbonyl (C=O) groups is 1. The van der Waals surface area contributed by atoms with Crippen LogP contribution in [-0.4, -0.2) is 33.7 Å². The monoisotopic (exact) mass is 480 g/mol. The molecule has 1 amide bonds. The standard InChI is InChI=1S/C21H18Cl2N2O7/c22-13-3-7-18(16(23)9-13)31-11-15-6-8-19(32-15)21(28)24-17(10-26)20(27)12-1-4-14(5-2-12)25(29)30/h1-9,17,20,26-27H,10-11H2,(H,24,28). The molecule has 0 fully saturated rings. The summed E-state index contributed by atoms with van der Waals surface area (Å²) in [5, 5.41) is 34.1. The van der Waals surface area contributed by atoms with Crippen molar-refractivity contribution in [1.82, 2.24) is 5.32 Å². The molecule has 32 heavy (non-hydrogen) atoms. The van der Waals surface area contributed by atoms with Gasteiger partial charge in [-0.1, -0.05) is 23.2 Å². The van der Waals surface area contributed by atoms with E-state index in [-0.39, 0.29) is 18.1 Å². The fourth-order valence-corrected chi connectivity index (χ4v) is 3.27. The molecule has 0 aliphatic carbocycles. The van der Waals surface area contributed by atoms with E-state index < -0.39 is 29.6 Å². The Balaban J connectivity index is 1.61. The number of aliphatic hydroxyl groups is 2. The van der Waals surface area contributed by atoms with E-state index >= 15 is 0 Å². The Morgan fingerprint density at radius 1 is 1.16 bits per heavy atom. The number of amides is 1. The third kappa shape index (κ3) is 5.77. The topological polar surface area (TPSA) is 135 Å². The van der Waals surface area contributed by atoms with Crippen molar-refractivity contribution in [2.75, 3.05) is 6.61 Å². The molecule has 0 spiro atoms. The van der Waals surface area contributed by atoms with Gasteiger partial charge >= 0.3 is 0 Å². The van der Waals surface area contributed by atoms with Crippen LogP contribution in [0.1, 0.15) is 28.0 Å². The minimum absolute atomic E-state index is 0.00345. The van der Waals surface area contributed by atoms with Gasteiger partial charge in [-0.2, -0.15) is 0 Å². The fourth-order valence-electron chi connectivity index (χ4n) is 2.81. The quantitative estimate of drug-likeness (QED) is 0.312. The van der Waals surface area contributed by atoms with Crippen molar-refractivity contribution in [2.24, 2.45) is 0 Å². The van der Waals surface area contributed by atoms with E-state index in [0.29, 0.717) is 27.1 Å². The molecule has 3 rings (SSSR count). The van der Waals surface area contributed by atoms with Crippen LogP contribution in [0.2, 0.25) is 10.0 Å². The van der Waals surface area contributed by atoms with Crippen molar-refractivity contribution in [3.63, 3.8) is 0 Å². The van der Waals surface area contributed by atoms with Crippen molar-refractivity contribution >= 4 is 34.8 Å². The average molecular weight is 481 g/mol. The Hall–Kier alpha value is -3.11. The lowest BCUT2D eigenvalue weighted by molar-refractivity contribution is -0.384. The second kappa shape index (κ2) is 10.5. The zero-order valence-electron chi connectivity index (χ0n) is 16.4. The summed E-state index contributed by atoms with van der Waals surface area (Å²) in [6.07, 6.45) is -1.30. The lowest BCUT2D eigenvalue weighted by atomic mass is 10.0. The van der Waals surface area contributed by atoms with Crippen molar-refractivity contribution in [3.8, 4) is 5.75 Å². The van der Waals surface area contributed by atoms with Crippen molar-refractivity contribution in [1.29, 1.82) is 0 Å². The number of nitro benzene ring substituents is 1. The second-order valence-corrected chi connectivity index (χ2v) is 7.53. The molecule has 2 aromatic carbocycles. The Kier molecular flexibility index (Phi) is 7.70. The Bertz CT molecular complexity index is 1100. The predicted molar refractivity (Wildman–Crippen MR) is 116 cm³/mol. The molecule has 168 valence electrons. The van der Waals surface area contributed by atoms with Crippen LogP contribution in [0, 0.1) is 10.1 Å². The van der Waals surface area contributed by atoms with Gasteiger partial charge < -0.3 is 24.7 Å². The number of ether oxygens (including phenoxy) is 1. The summed E-state index contributed by atoms with van der Waals surface area (Å²) in [7, 11) is 0. The van der Waals surface area contributed by atoms with E-state index in [1.54, 1.807) is 18.2 Å². The maximum absolute atomic E-state index is 12.5. The number of halogens is 2. The first kappa shape index (κ1) is 23.6. The smallest absolute Gasteiger partial charge is 0.287 e. The van der Waals surface area contributed by atoms with Gasteiger partial charge in [0.25, 0.3) is 11.6 Å². The first-order valence-corrected chi connectivity index (χ1v) is 10.0. The molecule has 0 bridgehead atoms. The molecule has 0 aliphatic heterocycles. The van der Waals surface area contributed by atoms with Crippen molar-refractivity contribution in [2.45, 2.75) is 18.8 Å². The maximum atomic E-state index is 12.5. The number of aliphatic hydroxyl groups excluding tert-OH is 2. The number of carbonyl (C=O) groups excluding carboxylic acids is 1. The zero-order valence-corrected chi connectivity index (χ0v) is 17.9. The number of hydrogen-bond donors (Lipinski definition) is 3. The third-order valence-electron chi connectivity index (χ3n) is 4.49. The lowest BCUT2D eigenvalue weighted by Gasteiger charge is -2.22. The van der Waals surface area contributed by atoms with Crippen LogP contribution in [0.5, 0.6) is 5.75 Å². The van der Waals surface area contributed by atoms with E-state index in [2.05, 4.69) is 5.32 Å². The number of rotatable bonds is 9. The first-order valence-electron chi connectivity index (χ1n) is 9.29. The van der Waals surface area contributed by atoms with Crippen LogP contribution >= 0.6 is 23.2 Å². The molecule has 1 heterocycles. The summed E-state index contributed by atoms with van der Waals surface area (Å²) in [6.45, 7) is -0.570. The minimum Gasteiger partial charge on any atom is -0.484 e. The van der Waals surface area contributed by atoms with Gasteiger partial charge in [0, 0.05) is 17.2 Å². The number of non-ortho nitro benzene ring substituents is 1. The molecule has 0 saturated heterocycles. The highest BCUT2D eigenvalue weighted by Gasteiger charge is 2.24. The van der Waals surface area contributed by atoms with E-state index in [4.69, 9.17) is 32.4 Å². The number of nitrogens with zero attached hydrogens (tertiary/aromatic N) is 1. The number of furan rings is 1. The van der Waals surface area contributed by atoms with Crippen LogP contribution in [0.15, 0.2) is 59.0 Å². The highest BCUT2D eigenvalue weighted by molar-refractivity contribution is 6.35. The van der Waals surface area contributed by atoms with Gasteiger partial charge in [0.05, 0.1) is 22.6 Å². The largest absolute Gasteiger partial charge is 0.484 e. The highest BCUT2D eigenvalue weighted by Crippen LogP contribution is 2.28. The number of nitro groups is 1. The zero-order chi connectivity index (χ0) is 23.3. The van der Waals surface area contributed by atoms with Crippen LogP contribution in [0.3, 0.4) is 0 Å². The van der Waals surface area contributed by atoms with E-state index in [9.17, 15) is 25.1 Å². The first-order chi connectivity index (χ1) is 15.3. The molecular formula is C21H18Cl2N2O7. The van der Waals surface area contributed by atoms with Gasteiger partial charge in [0.1, 0.15) is 24.2 Å². The van der Waals surface area contributed by atoms with Gasteiger partial charge in [0.15, 0.2) is 5.76 Å². The fraction of sp³-hybridized carbons (Fsp3) is 0.190. The summed E-state index contributed by atoms with van der Waals surface area (Å²) < 4.78 is 11.0.